The van der Waals surface area contributed by atoms with Gasteiger partial charge >= 0.3 is 0 Å². The first-order valence-corrected chi connectivity index (χ1v) is 7.07. The number of hydrogen-bond acceptors (Lipinski definition) is 4. The van der Waals surface area contributed by atoms with Crippen molar-refractivity contribution >= 4 is 0 Å². The van der Waals surface area contributed by atoms with Gasteiger partial charge in [0.25, 0.3) is 0 Å². The van der Waals surface area contributed by atoms with Crippen molar-refractivity contribution in [1.82, 2.24) is 4.90 Å². The lowest BCUT2D eigenvalue weighted by Crippen LogP contribution is -2.53. The molecule has 1 aliphatic rings. The molecule has 0 atom stereocenters. The van der Waals surface area contributed by atoms with Gasteiger partial charge in [0.1, 0.15) is 5.75 Å². The van der Waals surface area contributed by atoms with E-state index in [1.165, 1.54) is 0 Å². The summed E-state index contributed by atoms with van der Waals surface area (Å²) in [6.45, 7) is 8.69. The van der Waals surface area contributed by atoms with E-state index in [4.69, 9.17) is 14.7 Å². The average molecular weight is 274 g/mol. The summed E-state index contributed by atoms with van der Waals surface area (Å²) in [5.74, 6) is 0.769. The predicted molar refractivity (Wildman–Crippen MR) is 77.7 cm³/mol. The summed E-state index contributed by atoms with van der Waals surface area (Å²) in [5.41, 5.74) is 0.746. The van der Waals surface area contributed by atoms with E-state index in [1.54, 1.807) is 12.1 Å². The summed E-state index contributed by atoms with van der Waals surface area (Å²) < 4.78 is 11.2. The second-order valence-electron chi connectivity index (χ2n) is 5.69. The fraction of sp³-hybridized carbons (Fsp3) is 0.562. The van der Waals surface area contributed by atoms with Crippen LogP contribution in [0.4, 0.5) is 0 Å². The second-order valence-corrected chi connectivity index (χ2v) is 5.69. The molecule has 0 N–H and O–H groups in total. The van der Waals surface area contributed by atoms with Gasteiger partial charge in [0, 0.05) is 18.6 Å². The Hall–Kier alpha value is -1.57. The molecule has 0 amide bonds. The first-order valence-electron chi connectivity index (χ1n) is 7.07. The van der Waals surface area contributed by atoms with Crippen LogP contribution in [0.1, 0.15) is 25.8 Å². The molecular weight excluding hydrogens is 252 g/mol. The highest BCUT2D eigenvalue weighted by molar-refractivity contribution is 5.36. The molecule has 4 nitrogen and oxygen atoms in total. The molecule has 1 aromatic carbocycles. The van der Waals surface area contributed by atoms with Gasteiger partial charge in [-0.2, -0.15) is 5.26 Å². The number of ether oxygens (including phenoxy) is 2. The minimum absolute atomic E-state index is 0.110. The third kappa shape index (κ3) is 3.96. The van der Waals surface area contributed by atoms with Crippen molar-refractivity contribution in [3.63, 3.8) is 0 Å². The first kappa shape index (κ1) is 14.8. The lowest BCUT2D eigenvalue weighted by atomic mass is 10.0. The fourth-order valence-electron chi connectivity index (χ4n) is 2.41. The van der Waals surface area contributed by atoms with Crippen LogP contribution in [-0.2, 0) is 4.74 Å². The predicted octanol–water partition coefficient (Wildman–Crippen LogP) is 2.44. The molecule has 108 valence electrons. The zero-order valence-corrected chi connectivity index (χ0v) is 12.3. The van der Waals surface area contributed by atoms with Gasteiger partial charge in [0.2, 0.25) is 0 Å². The van der Waals surface area contributed by atoms with Crippen LogP contribution < -0.4 is 4.74 Å². The highest BCUT2D eigenvalue weighted by Gasteiger charge is 2.29. The van der Waals surface area contributed by atoms with E-state index in [0.717, 1.165) is 38.5 Å². The molecule has 0 aromatic heterocycles. The molecule has 1 aromatic rings. The second kappa shape index (κ2) is 6.74. The van der Waals surface area contributed by atoms with Crippen molar-refractivity contribution < 1.29 is 9.47 Å². The smallest absolute Gasteiger partial charge is 0.120 e. The maximum atomic E-state index is 8.84. The molecule has 0 saturated carbocycles. The van der Waals surface area contributed by atoms with Crippen molar-refractivity contribution in [2.45, 2.75) is 25.8 Å². The highest BCUT2D eigenvalue weighted by atomic mass is 16.5. The van der Waals surface area contributed by atoms with Gasteiger partial charge < -0.3 is 9.47 Å². The number of nitrogens with zero attached hydrogens (tertiary/aromatic N) is 2. The van der Waals surface area contributed by atoms with Crippen molar-refractivity contribution in [3.05, 3.63) is 29.8 Å². The van der Waals surface area contributed by atoms with E-state index >= 15 is 0 Å². The van der Waals surface area contributed by atoms with Gasteiger partial charge in [-0.3, -0.25) is 4.90 Å². The Kier molecular flexibility index (Phi) is 4.99. The van der Waals surface area contributed by atoms with Gasteiger partial charge in [0.05, 0.1) is 31.5 Å². The third-order valence-electron chi connectivity index (χ3n) is 3.62. The van der Waals surface area contributed by atoms with Crippen molar-refractivity contribution in [3.8, 4) is 11.8 Å². The lowest BCUT2D eigenvalue weighted by molar-refractivity contribution is -0.0521. The molecule has 4 heteroatoms. The summed E-state index contributed by atoms with van der Waals surface area (Å²) in [6, 6.07) is 9.41. The van der Waals surface area contributed by atoms with Crippen LogP contribution in [0.2, 0.25) is 0 Å². The maximum absolute atomic E-state index is 8.84. The fourth-order valence-corrected chi connectivity index (χ4v) is 2.41. The van der Waals surface area contributed by atoms with E-state index in [-0.39, 0.29) is 5.54 Å². The van der Waals surface area contributed by atoms with Gasteiger partial charge in [-0.05, 0) is 38.5 Å². The summed E-state index contributed by atoms with van der Waals surface area (Å²) in [6.07, 6.45) is 0.972. The lowest BCUT2D eigenvalue weighted by Gasteiger charge is -2.42. The van der Waals surface area contributed by atoms with E-state index in [1.807, 2.05) is 12.1 Å². The molecule has 2 rings (SSSR count). The monoisotopic (exact) mass is 274 g/mol. The molecule has 0 aliphatic carbocycles. The van der Waals surface area contributed by atoms with Gasteiger partial charge in [-0.15, -0.1) is 0 Å². The topological polar surface area (TPSA) is 45.5 Å². The van der Waals surface area contributed by atoms with Crippen LogP contribution in [0.3, 0.4) is 0 Å². The van der Waals surface area contributed by atoms with Gasteiger partial charge in [-0.25, -0.2) is 0 Å². The quantitative estimate of drug-likeness (QED) is 0.774. The Morgan fingerprint density at radius 1 is 1.45 bits per heavy atom. The molecule has 0 unspecified atom stereocenters. The first-order chi connectivity index (χ1) is 9.62. The Balaban J connectivity index is 1.75. The standard InChI is InChI=1S/C16H22N2O2/c1-16(2)13-19-10-8-18(16)7-4-9-20-15-6-3-5-14(11-15)12-17/h3,5-6,11H,4,7-10,13H2,1-2H3. The minimum atomic E-state index is 0.110. The molecule has 1 saturated heterocycles. The van der Waals surface area contributed by atoms with Gasteiger partial charge in [-0.1, -0.05) is 6.07 Å². The normalized spacial score (nSPS) is 18.4. The molecular formula is C16H22N2O2. The van der Waals surface area contributed by atoms with E-state index < -0.39 is 0 Å². The number of nitriles is 1. The molecule has 20 heavy (non-hydrogen) atoms. The number of benzene rings is 1. The Bertz CT molecular complexity index is 480. The molecule has 1 heterocycles. The molecule has 0 radical (unpaired) electrons. The zero-order valence-electron chi connectivity index (χ0n) is 12.3. The molecule has 1 aliphatic heterocycles. The van der Waals surface area contributed by atoms with E-state index in [2.05, 4.69) is 24.8 Å². The van der Waals surface area contributed by atoms with Gasteiger partial charge in [0.15, 0.2) is 0 Å². The van der Waals surface area contributed by atoms with Crippen LogP contribution in [0, 0.1) is 11.3 Å². The van der Waals surface area contributed by atoms with Crippen LogP contribution in [-0.4, -0.2) is 43.3 Å². The summed E-state index contributed by atoms with van der Waals surface area (Å²) in [7, 11) is 0. The third-order valence-corrected chi connectivity index (χ3v) is 3.62. The van der Waals surface area contributed by atoms with Crippen molar-refractivity contribution in [2.75, 3.05) is 32.9 Å². The van der Waals surface area contributed by atoms with Crippen LogP contribution in [0.25, 0.3) is 0 Å². The minimum Gasteiger partial charge on any atom is -0.494 e. The Labute approximate surface area is 120 Å². The number of hydrogen-bond donors (Lipinski definition) is 0. The molecule has 0 spiro atoms. The molecule has 0 bridgehead atoms. The maximum Gasteiger partial charge on any atom is 0.120 e. The van der Waals surface area contributed by atoms with Crippen molar-refractivity contribution in [2.24, 2.45) is 0 Å². The largest absolute Gasteiger partial charge is 0.494 e. The van der Waals surface area contributed by atoms with Crippen LogP contribution in [0.5, 0.6) is 5.75 Å². The van der Waals surface area contributed by atoms with E-state index in [0.29, 0.717) is 12.2 Å². The van der Waals surface area contributed by atoms with Crippen LogP contribution >= 0.6 is 0 Å². The Morgan fingerprint density at radius 2 is 2.30 bits per heavy atom. The zero-order chi connectivity index (χ0) is 14.4. The summed E-state index contributed by atoms with van der Waals surface area (Å²) in [5, 5.41) is 8.84. The SMILES string of the molecule is CC1(C)COCCN1CCCOc1cccc(C#N)c1. The average Bonchev–Trinajstić information content (AvgIpc) is 2.45. The van der Waals surface area contributed by atoms with Crippen LogP contribution in [0.15, 0.2) is 24.3 Å². The summed E-state index contributed by atoms with van der Waals surface area (Å²) in [4.78, 5) is 2.45. The van der Waals surface area contributed by atoms with E-state index in [9.17, 15) is 0 Å². The molecule has 1 fully saturated rings. The highest BCUT2D eigenvalue weighted by Crippen LogP contribution is 2.19. The Morgan fingerprint density at radius 3 is 3.05 bits per heavy atom. The van der Waals surface area contributed by atoms with Crippen molar-refractivity contribution in [1.29, 1.82) is 5.26 Å². The summed E-state index contributed by atoms with van der Waals surface area (Å²) >= 11 is 0. The number of rotatable bonds is 5. The number of morpholine rings is 1.